The number of nitrogens with one attached hydrogen (secondary N) is 1. The van der Waals surface area contributed by atoms with E-state index in [9.17, 15) is 4.79 Å². The molecule has 0 spiro atoms. The molecule has 19 heavy (non-hydrogen) atoms. The van der Waals surface area contributed by atoms with Crippen LogP contribution in [0.2, 0.25) is 0 Å². The van der Waals surface area contributed by atoms with Crippen LogP contribution in [0.25, 0.3) is 0 Å². The van der Waals surface area contributed by atoms with Crippen LogP contribution in [0.4, 0.5) is 6.01 Å². The molecular weight excluding hydrogens is 252 g/mol. The molecule has 1 rings (SSSR count). The quantitative estimate of drug-likeness (QED) is 0.508. The van der Waals surface area contributed by atoms with Crippen molar-refractivity contribution in [3.8, 4) is 0 Å². The third-order valence-electron chi connectivity index (χ3n) is 2.16. The Morgan fingerprint density at radius 1 is 1.42 bits per heavy atom. The van der Waals surface area contributed by atoms with Gasteiger partial charge in [0.2, 0.25) is 0 Å². The van der Waals surface area contributed by atoms with Gasteiger partial charge in [0.15, 0.2) is 5.69 Å². The summed E-state index contributed by atoms with van der Waals surface area (Å²) in [6, 6.07) is 0.306. The van der Waals surface area contributed by atoms with Crippen LogP contribution in [0.15, 0.2) is 10.7 Å². The Hall–Kier alpha value is -1.60. The molecule has 1 N–H and O–H groups in total. The molecule has 108 valence electrons. The highest BCUT2D eigenvalue weighted by atomic mass is 16.5. The Balaban J connectivity index is 2.14. The second kappa shape index (κ2) is 9.35. The van der Waals surface area contributed by atoms with E-state index in [1.54, 1.807) is 14.0 Å². The largest absolute Gasteiger partial charge is 0.461 e. The number of esters is 1. The lowest BCUT2D eigenvalue weighted by atomic mass is 10.4. The summed E-state index contributed by atoms with van der Waals surface area (Å²) in [5.74, 6) is -0.484. The zero-order valence-electron chi connectivity index (χ0n) is 11.3. The summed E-state index contributed by atoms with van der Waals surface area (Å²) in [7, 11) is 1.63. The van der Waals surface area contributed by atoms with E-state index in [0.29, 0.717) is 39.0 Å². The molecule has 0 bridgehead atoms. The van der Waals surface area contributed by atoms with Crippen LogP contribution in [0.3, 0.4) is 0 Å². The molecule has 1 aromatic heterocycles. The Bertz CT molecular complexity index is 367. The average Bonchev–Trinajstić information content (AvgIpc) is 2.87. The van der Waals surface area contributed by atoms with Gasteiger partial charge in [0.1, 0.15) is 6.26 Å². The van der Waals surface area contributed by atoms with E-state index in [1.807, 2.05) is 0 Å². The molecule has 7 nitrogen and oxygen atoms in total. The van der Waals surface area contributed by atoms with Gasteiger partial charge in [-0.1, -0.05) is 0 Å². The summed E-state index contributed by atoms with van der Waals surface area (Å²) < 4.78 is 20.0. The zero-order valence-corrected chi connectivity index (χ0v) is 11.3. The third-order valence-corrected chi connectivity index (χ3v) is 2.16. The van der Waals surface area contributed by atoms with Gasteiger partial charge < -0.3 is 23.9 Å². The van der Waals surface area contributed by atoms with E-state index in [1.165, 1.54) is 6.26 Å². The Morgan fingerprint density at radius 2 is 2.26 bits per heavy atom. The van der Waals surface area contributed by atoms with Crippen LogP contribution in [0.5, 0.6) is 0 Å². The van der Waals surface area contributed by atoms with Crippen LogP contribution in [-0.4, -0.2) is 51.0 Å². The summed E-state index contributed by atoms with van der Waals surface area (Å²) in [5.41, 5.74) is 0.167. The molecule has 0 aliphatic heterocycles. The fraction of sp³-hybridized carbons (Fsp3) is 0.667. The second-order valence-electron chi connectivity index (χ2n) is 3.64. The molecule has 0 aliphatic rings. The van der Waals surface area contributed by atoms with Gasteiger partial charge in [-0.3, -0.25) is 0 Å². The summed E-state index contributed by atoms with van der Waals surface area (Å²) >= 11 is 0. The van der Waals surface area contributed by atoms with Crippen molar-refractivity contribution < 1.29 is 23.4 Å². The summed E-state index contributed by atoms with van der Waals surface area (Å²) in [6.07, 6.45) is 2.08. The normalized spacial score (nSPS) is 10.4. The Kier molecular flexibility index (Phi) is 7.60. The first-order chi connectivity index (χ1) is 9.27. The predicted octanol–water partition coefficient (Wildman–Crippen LogP) is 1.32. The number of nitrogens with zero attached hydrogens (tertiary/aromatic N) is 1. The van der Waals surface area contributed by atoms with E-state index in [2.05, 4.69) is 10.3 Å². The van der Waals surface area contributed by atoms with E-state index < -0.39 is 5.97 Å². The first-order valence-electron chi connectivity index (χ1n) is 6.21. The Labute approximate surface area is 112 Å². The van der Waals surface area contributed by atoms with Crippen molar-refractivity contribution in [3.05, 3.63) is 12.0 Å². The molecule has 0 amide bonds. The van der Waals surface area contributed by atoms with Crippen LogP contribution in [0, 0.1) is 0 Å². The van der Waals surface area contributed by atoms with Crippen molar-refractivity contribution in [2.75, 3.05) is 45.4 Å². The number of hydrogen-bond acceptors (Lipinski definition) is 7. The monoisotopic (exact) mass is 272 g/mol. The summed E-state index contributed by atoms with van der Waals surface area (Å²) in [4.78, 5) is 15.3. The molecule has 0 aliphatic carbocycles. The van der Waals surface area contributed by atoms with Gasteiger partial charge in [0, 0.05) is 20.3 Å². The minimum absolute atomic E-state index is 0.167. The van der Waals surface area contributed by atoms with Crippen molar-refractivity contribution in [3.63, 3.8) is 0 Å². The fourth-order valence-corrected chi connectivity index (χ4v) is 1.27. The van der Waals surface area contributed by atoms with Gasteiger partial charge in [-0.2, -0.15) is 4.98 Å². The van der Waals surface area contributed by atoms with Gasteiger partial charge in [-0.25, -0.2) is 4.79 Å². The minimum atomic E-state index is -0.484. The highest BCUT2D eigenvalue weighted by Gasteiger charge is 2.12. The lowest BCUT2D eigenvalue weighted by Gasteiger charge is -2.03. The SMILES string of the molecule is CCOC(=O)c1coc(NCCCOCCOC)n1. The molecular formula is C12H20N2O5. The molecule has 0 saturated carbocycles. The lowest BCUT2D eigenvalue weighted by molar-refractivity contribution is 0.0519. The van der Waals surface area contributed by atoms with E-state index in [4.69, 9.17) is 18.6 Å². The first-order valence-corrected chi connectivity index (χ1v) is 6.21. The molecule has 0 unspecified atom stereocenters. The molecule has 0 saturated heterocycles. The average molecular weight is 272 g/mol. The maximum absolute atomic E-state index is 11.3. The molecule has 1 heterocycles. The molecule has 0 fully saturated rings. The molecule has 7 heteroatoms. The number of carbonyl (C=O) groups excluding carboxylic acids is 1. The van der Waals surface area contributed by atoms with E-state index in [-0.39, 0.29) is 5.69 Å². The number of hydrogen-bond donors (Lipinski definition) is 1. The Morgan fingerprint density at radius 3 is 3.00 bits per heavy atom. The standard InChI is InChI=1S/C12H20N2O5/c1-3-18-11(15)10-9-19-12(14-10)13-5-4-6-17-8-7-16-2/h9H,3-8H2,1-2H3,(H,13,14). The second-order valence-corrected chi connectivity index (χ2v) is 3.64. The fourth-order valence-electron chi connectivity index (χ4n) is 1.27. The van der Waals surface area contributed by atoms with Gasteiger partial charge in [-0.05, 0) is 13.3 Å². The number of anilines is 1. The maximum atomic E-state index is 11.3. The maximum Gasteiger partial charge on any atom is 0.360 e. The summed E-state index contributed by atoms with van der Waals surface area (Å²) in [5, 5.41) is 2.96. The van der Waals surface area contributed by atoms with Crippen LogP contribution in [0.1, 0.15) is 23.8 Å². The van der Waals surface area contributed by atoms with Gasteiger partial charge >= 0.3 is 5.97 Å². The van der Waals surface area contributed by atoms with Gasteiger partial charge in [-0.15, -0.1) is 0 Å². The van der Waals surface area contributed by atoms with Crippen LogP contribution < -0.4 is 5.32 Å². The van der Waals surface area contributed by atoms with E-state index >= 15 is 0 Å². The van der Waals surface area contributed by atoms with Crippen molar-refractivity contribution in [2.45, 2.75) is 13.3 Å². The number of methoxy groups -OCH3 is 1. The number of rotatable bonds is 10. The first kappa shape index (κ1) is 15.5. The van der Waals surface area contributed by atoms with Crippen molar-refractivity contribution in [1.82, 2.24) is 4.98 Å². The van der Waals surface area contributed by atoms with Gasteiger partial charge in [0.05, 0.1) is 19.8 Å². The zero-order chi connectivity index (χ0) is 13.9. The minimum Gasteiger partial charge on any atom is -0.461 e. The number of oxazole rings is 1. The smallest absolute Gasteiger partial charge is 0.360 e. The molecule has 1 aromatic rings. The van der Waals surface area contributed by atoms with Crippen LogP contribution in [-0.2, 0) is 14.2 Å². The highest BCUT2D eigenvalue weighted by Crippen LogP contribution is 2.08. The predicted molar refractivity (Wildman–Crippen MR) is 68.3 cm³/mol. The van der Waals surface area contributed by atoms with E-state index in [0.717, 1.165) is 6.42 Å². The van der Waals surface area contributed by atoms with Crippen molar-refractivity contribution >= 4 is 12.0 Å². The van der Waals surface area contributed by atoms with Crippen molar-refractivity contribution in [2.24, 2.45) is 0 Å². The highest BCUT2D eigenvalue weighted by molar-refractivity contribution is 5.87. The van der Waals surface area contributed by atoms with Gasteiger partial charge in [0.25, 0.3) is 6.01 Å². The van der Waals surface area contributed by atoms with Crippen LogP contribution >= 0.6 is 0 Å². The summed E-state index contributed by atoms with van der Waals surface area (Å²) in [6.45, 7) is 4.50. The third kappa shape index (κ3) is 6.21. The van der Waals surface area contributed by atoms with Crippen molar-refractivity contribution in [1.29, 1.82) is 0 Å². The topological polar surface area (TPSA) is 82.8 Å². The molecule has 0 atom stereocenters. The number of aromatic nitrogens is 1. The number of ether oxygens (including phenoxy) is 3. The molecule has 0 aromatic carbocycles. The lowest BCUT2D eigenvalue weighted by Crippen LogP contribution is -2.09. The number of carbonyl (C=O) groups is 1. The molecule has 0 radical (unpaired) electrons.